The number of hydrogen-bond acceptors (Lipinski definition) is 4. The van der Waals surface area contributed by atoms with E-state index in [0.29, 0.717) is 23.3 Å². The van der Waals surface area contributed by atoms with Gasteiger partial charge in [0.1, 0.15) is 5.82 Å². The zero-order valence-electron chi connectivity index (χ0n) is 42.6. The van der Waals surface area contributed by atoms with Gasteiger partial charge in [-0.05, 0) is 134 Å². The van der Waals surface area contributed by atoms with Crippen molar-refractivity contribution in [2.24, 2.45) is 0 Å². The first kappa shape index (κ1) is 48.6. The number of benzene rings is 7. The summed E-state index contributed by atoms with van der Waals surface area (Å²) in [7, 11) is 0. The maximum atomic E-state index is 7.08. The summed E-state index contributed by atoms with van der Waals surface area (Å²) >= 11 is 0. The number of para-hydroxylation sites is 1. The fourth-order valence-electron chi connectivity index (χ4n) is 9.83. The molecule has 0 fully saturated rings. The van der Waals surface area contributed by atoms with E-state index in [9.17, 15) is 0 Å². The molecular weight excluding hydrogens is 1040 g/mol. The van der Waals surface area contributed by atoms with Gasteiger partial charge in [-0.2, -0.15) is 6.07 Å². The number of pyridine rings is 1. The Bertz CT molecular complexity index is 3380. The smallest absolute Gasteiger partial charge is 0.135 e. The van der Waals surface area contributed by atoms with Crippen LogP contribution in [0.4, 0.5) is 22.7 Å². The molecule has 7 aromatic carbocycles. The van der Waals surface area contributed by atoms with E-state index < -0.39 is 0 Å². The summed E-state index contributed by atoms with van der Waals surface area (Å²) in [5.41, 5.74) is 18.3. The molecule has 0 atom stereocenters. The van der Waals surface area contributed by atoms with Crippen LogP contribution in [0.2, 0.25) is 0 Å². The molecule has 1 aliphatic heterocycles. The summed E-state index contributed by atoms with van der Waals surface area (Å²) in [4.78, 5) is 9.59. The number of aromatic nitrogens is 2. The molecule has 9 aromatic rings. The zero-order chi connectivity index (χ0) is 48.5. The van der Waals surface area contributed by atoms with Crippen LogP contribution in [0.1, 0.15) is 114 Å². The molecule has 0 saturated heterocycles. The van der Waals surface area contributed by atoms with Gasteiger partial charge in [0.05, 0.1) is 0 Å². The van der Waals surface area contributed by atoms with Gasteiger partial charge in [-0.1, -0.05) is 148 Å². The first-order chi connectivity index (χ1) is 32.9. The fraction of sp³-hybridized carbons (Fsp3) is 0.250. The summed E-state index contributed by atoms with van der Waals surface area (Å²) in [5, 5.41) is 2.23. The molecule has 3 heterocycles. The number of rotatable bonds is 9. The van der Waals surface area contributed by atoms with E-state index in [1.165, 1.54) is 50.1 Å². The minimum atomic E-state index is -0.0708. The minimum Gasteiger partial charge on any atom is -0.509 e. The SMILES string of the molecule is Cc1cc2c(cc1C)N(c1cc(-c3ccccc3)cc(C(C)(C)C)c1)[CH-]N2c1[c-]c(Oc2[c-]c3c(cc2)c2ccccc2n3-c2cc(C(C)(C)C)ccn2)cc(-c2c(C(C)C)cccc2C(C)C)c1.[Pt]. The molecule has 0 aliphatic carbocycles. The largest absolute Gasteiger partial charge is 0.509 e. The van der Waals surface area contributed by atoms with E-state index in [1.807, 2.05) is 12.3 Å². The maximum Gasteiger partial charge on any atom is 0.135 e. The summed E-state index contributed by atoms with van der Waals surface area (Å²) < 4.78 is 9.30. The van der Waals surface area contributed by atoms with Crippen molar-refractivity contribution in [1.29, 1.82) is 0 Å². The van der Waals surface area contributed by atoms with Crippen molar-refractivity contribution in [3.8, 4) is 39.6 Å². The molecule has 70 heavy (non-hydrogen) atoms. The van der Waals surface area contributed by atoms with Gasteiger partial charge in [0.15, 0.2) is 0 Å². The first-order valence-electron chi connectivity index (χ1n) is 24.5. The molecule has 0 spiro atoms. The van der Waals surface area contributed by atoms with Crippen molar-refractivity contribution in [2.45, 2.75) is 106 Å². The summed E-state index contributed by atoms with van der Waals surface area (Å²) in [6, 6.07) is 58.2. The van der Waals surface area contributed by atoms with E-state index in [4.69, 9.17) is 9.72 Å². The van der Waals surface area contributed by atoms with Gasteiger partial charge in [-0.15, -0.1) is 53.6 Å². The summed E-state index contributed by atoms with van der Waals surface area (Å²) in [6.45, 7) is 29.4. The molecule has 0 N–H and O–H groups in total. The molecule has 10 rings (SSSR count). The molecule has 358 valence electrons. The number of hydrogen-bond donors (Lipinski definition) is 0. The zero-order valence-corrected chi connectivity index (χ0v) is 44.9. The monoisotopic (exact) mass is 1100 g/mol. The number of nitrogens with zero attached hydrogens (tertiary/aromatic N) is 4. The summed E-state index contributed by atoms with van der Waals surface area (Å²) in [6.07, 6.45) is 1.92. The normalized spacial score (nSPS) is 12.9. The van der Waals surface area contributed by atoms with Crippen molar-refractivity contribution in [3.05, 3.63) is 198 Å². The Balaban J connectivity index is 0.00000608. The number of ether oxygens (including phenoxy) is 1. The third-order valence-electron chi connectivity index (χ3n) is 13.9. The van der Waals surface area contributed by atoms with Crippen LogP contribution in [-0.2, 0) is 31.9 Å². The Morgan fingerprint density at radius 1 is 0.557 bits per heavy atom. The Hall–Kier alpha value is -6.42. The van der Waals surface area contributed by atoms with Crippen LogP contribution in [0.15, 0.2) is 146 Å². The van der Waals surface area contributed by atoms with Crippen molar-refractivity contribution in [3.63, 3.8) is 0 Å². The molecular formula is C64H63N4OPt-3. The van der Waals surface area contributed by atoms with Gasteiger partial charge < -0.3 is 19.1 Å². The fourth-order valence-corrected chi connectivity index (χ4v) is 9.83. The average Bonchev–Trinajstić information content (AvgIpc) is 3.86. The summed E-state index contributed by atoms with van der Waals surface area (Å²) in [5.74, 6) is 2.66. The molecule has 0 amide bonds. The van der Waals surface area contributed by atoms with Crippen molar-refractivity contribution >= 4 is 44.6 Å². The number of aryl methyl sites for hydroxylation is 2. The Labute approximate surface area is 430 Å². The van der Waals surface area contributed by atoms with Crippen LogP contribution < -0.4 is 14.5 Å². The second-order valence-corrected chi connectivity index (χ2v) is 21.6. The molecule has 0 unspecified atom stereocenters. The van der Waals surface area contributed by atoms with Crippen LogP contribution in [0.3, 0.4) is 0 Å². The van der Waals surface area contributed by atoms with Crippen molar-refractivity contribution in [1.82, 2.24) is 9.55 Å². The maximum absolute atomic E-state index is 7.08. The van der Waals surface area contributed by atoms with Gasteiger partial charge in [0, 0.05) is 61.3 Å². The third kappa shape index (κ3) is 9.10. The number of fused-ring (bicyclic) bond motifs is 4. The van der Waals surface area contributed by atoms with Crippen LogP contribution in [0.5, 0.6) is 11.5 Å². The van der Waals surface area contributed by atoms with Crippen molar-refractivity contribution in [2.75, 3.05) is 9.80 Å². The van der Waals surface area contributed by atoms with Gasteiger partial charge in [0.25, 0.3) is 0 Å². The Morgan fingerprint density at radius 3 is 1.89 bits per heavy atom. The van der Waals surface area contributed by atoms with E-state index in [2.05, 4.69) is 250 Å². The van der Waals surface area contributed by atoms with Crippen LogP contribution in [0, 0.1) is 32.6 Å². The van der Waals surface area contributed by atoms with Gasteiger partial charge >= 0.3 is 0 Å². The second-order valence-electron chi connectivity index (χ2n) is 21.6. The topological polar surface area (TPSA) is 33.5 Å². The average molecular weight is 1100 g/mol. The minimum absolute atomic E-state index is 0. The van der Waals surface area contributed by atoms with Gasteiger partial charge in [-0.3, -0.25) is 0 Å². The van der Waals surface area contributed by atoms with E-state index >= 15 is 0 Å². The standard InChI is InChI=1S/C64H63N4O.Pt/c1-40(2)53-22-18-23-54(41(3)4)62(53)46-33-50(67-39-66(59-29-42(5)43(6)30-60(59)67)49-32-45(44-19-14-13-15-20-44)31-48(35-49)64(10,11)12)37-52(34-46)69-51-25-26-56-55-21-16-17-24-57(55)68(58(56)38-51)61-36-47(27-28-65-61)63(7,8)9;/h13-36,39-41H,1-12H3;/q-3;. The predicted octanol–water partition coefficient (Wildman–Crippen LogP) is 17.8. The molecule has 5 nitrogen and oxygen atoms in total. The molecule has 0 saturated carbocycles. The Morgan fingerprint density at radius 2 is 1.21 bits per heavy atom. The molecule has 0 radical (unpaired) electrons. The quantitative estimate of drug-likeness (QED) is 0.135. The molecule has 0 bridgehead atoms. The first-order valence-corrected chi connectivity index (χ1v) is 24.5. The molecule has 1 aliphatic rings. The van der Waals surface area contributed by atoms with Crippen LogP contribution in [0.25, 0.3) is 49.9 Å². The molecule has 2 aromatic heterocycles. The van der Waals surface area contributed by atoms with E-state index in [-0.39, 0.29) is 31.9 Å². The second kappa shape index (κ2) is 18.7. The van der Waals surface area contributed by atoms with E-state index in [0.717, 1.165) is 55.9 Å². The van der Waals surface area contributed by atoms with Gasteiger partial charge in [0.2, 0.25) is 0 Å². The van der Waals surface area contributed by atoms with Crippen LogP contribution >= 0.6 is 0 Å². The van der Waals surface area contributed by atoms with Crippen molar-refractivity contribution < 1.29 is 25.8 Å². The molecule has 6 heteroatoms. The third-order valence-corrected chi connectivity index (χ3v) is 13.9. The predicted molar refractivity (Wildman–Crippen MR) is 290 cm³/mol. The number of anilines is 4. The van der Waals surface area contributed by atoms with Crippen LogP contribution in [-0.4, -0.2) is 9.55 Å². The Kier molecular flexibility index (Phi) is 13.0. The van der Waals surface area contributed by atoms with Gasteiger partial charge in [-0.25, -0.2) is 4.98 Å². The van der Waals surface area contributed by atoms with E-state index in [1.54, 1.807) is 0 Å².